The minimum Gasteiger partial charge on any atom is -0.481 e. The fourth-order valence-electron chi connectivity index (χ4n) is 6.99. The minimum absolute atomic E-state index is 0.266. The van der Waals surface area contributed by atoms with Crippen LogP contribution in [0.4, 0.5) is 65.9 Å². The average molecular weight is 857 g/mol. The number of fused-ring (bicyclic) bond motifs is 7. The van der Waals surface area contributed by atoms with E-state index in [0.717, 1.165) is 37.5 Å². The molecule has 0 unspecified atom stereocenters. The number of benzene rings is 3. The number of nitrogens with zero attached hydrogens (tertiary/aromatic N) is 2. The van der Waals surface area contributed by atoms with Gasteiger partial charge in [0.15, 0.2) is 69.8 Å². The molecule has 0 radical (unpaired) electrons. The standard InChI is InChI=1S/C39H15F15N4O2/c1-60-39(59)9-8-16-10-2-3-11(55-10)17(20-23(40)29(46)35(52)30(47)24(20)41)12-4-5-13(56-12)18(21-25(42)31(48)36(53)32(49)26(21)43)14-6-7-15(57-14)19(38(9)58-16)22-27(44)33(50)37(54)34(51)28(22)45/h2-3,6-8,55,57,59H,4-5H2,1H3/b17-12?,18-14?,19-15?,39-9+. The molecular weight excluding hydrogens is 841 g/mol. The summed E-state index contributed by atoms with van der Waals surface area (Å²) >= 11 is 0. The zero-order valence-electron chi connectivity index (χ0n) is 29.2. The first-order valence-electron chi connectivity index (χ1n) is 16.7. The van der Waals surface area contributed by atoms with E-state index in [1.54, 1.807) is 0 Å². The Hall–Kier alpha value is -6.93. The quantitative estimate of drug-likeness (QED) is 0.0732. The highest BCUT2D eigenvalue weighted by molar-refractivity contribution is 6.35. The highest BCUT2D eigenvalue weighted by atomic mass is 19.2. The summed E-state index contributed by atoms with van der Waals surface area (Å²) in [5.74, 6) is -38.4. The van der Waals surface area contributed by atoms with Gasteiger partial charge in [-0.3, -0.25) is 4.99 Å². The second kappa shape index (κ2) is 14.1. The lowest BCUT2D eigenvalue weighted by Gasteiger charge is -2.14. The van der Waals surface area contributed by atoms with E-state index in [0.29, 0.717) is 0 Å². The van der Waals surface area contributed by atoms with Crippen LogP contribution in [0.5, 0.6) is 0 Å². The highest BCUT2D eigenvalue weighted by Gasteiger charge is 2.37. The van der Waals surface area contributed by atoms with Crippen LogP contribution in [0.25, 0.3) is 22.4 Å². The molecule has 3 N–H and O–H groups in total. The summed E-state index contributed by atoms with van der Waals surface area (Å²) in [6.07, 6.45) is -0.312. The van der Waals surface area contributed by atoms with Gasteiger partial charge in [-0.25, -0.2) is 70.8 Å². The van der Waals surface area contributed by atoms with E-state index in [2.05, 4.69) is 20.0 Å². The van der Waals surface area contributed by atoms with Crippen molar-refractivity contribution in [1.82, 2.24) is 9.97 Å². The number of H-pyrrole nitrogens is 2. The fourth-order valence-corrected chi connectivity index (χ4v) is 6.99. The van der Waals surface area contributed by atoms with Crippen molar-refractivity contribution in [2.75, 3.05) is 7.11 Å². The average Bonchev–Trinajstić information content (AvgIpc) is 4.08. The molecule has 0 atom stereocenters. The van der Waals surface area contributed by atoms with Crippen molar-refractivity contribution in [1.29, 1.82) is 0 Å². The molecule has 308 valence electrons. The Morgan fingerprint density at radius 2 is 0.917 bits per heavy atom. The number of aliphatic imine (C=N–C) groups is 2. The van der Waals surface area contributed by atoms with Gasteiger partial charge >= 0.3 is 0 Å². The maximum atomic E-state index is 15.8. The molecule has 8 rings (SSSR count). The van der Waals surface area contributed by atoms with E-state index in [4.69, 9.17) is 4.74 Å². The van der Waals surface area contributed by atoms with Crippen LogP contribution in [0.15, 0.2) is 57.5 Å². The molecule has 8 bridgehead atoms. The second-order valence-corrected chi connectivity index (χ2v) is 12.9. The van der Waals surface area contributed by atoms with Crippen molar-refractivity contribution in [2.45, 2.75) is 12.8 Å². The van der Waals surface area contributed by atoms with Gasteiger partial charge in [-0.15, -0.1) is 0 Å². The zero-order chi connectivity index (χ0) is 43.4. The van der Waals surface area contributed by atoms with Gasteiger partial charge in [-0.1, -0.05) is 0 Å². The SMILES string of the molecule is CO/C(O)=C1\C=C2N=C1C(c1c(F)c(F)c(F)c(F)c1F)=c1ccc([nH]1)=C(c1c(F)c(F)c(F)c(F)c1F)C1=NC(=C(c3c(F)c(F)c(F)c(F)c3F)c3ccc2[nH]3)CC1. The van der Waals surface area contributed by atoms with Gasteiger partial charge in [0.25, 0.3) is 5.95 Å². The summed E-state index contributed by atoms with van der Waals surface area (Å²) < 4.78 is 231. The van der Waals surface area contributed by atoms with E-state index in [1.165, 1.54) is 0 Å². The number of rotatable bonds is 4. The van der Waals surface area contributed by atoms with E-state index in [1.807, 2.05) is 0 Å². The Labute approximate surface area is 323 Å². The molecule has 0 amide bonds. The van der Waals surface area contributed by atoms with Crippen LogP contribution >= 0.6 is 0 Å². The number of aliphatic hydroxyl groups excluding tert-OH is 1. The number of halogens is 15. The fraction of sp³-hybridized carbons (Fsp3) is 0.0769. The second-order valence-electron chi connectivity index (χ2n) is 12.9. The minimum atomic E-state index is -2.62. The molecule has 3 aliphatic heterocycles. The maximum absolute atomic E-state index is 15.8. The number of ether oxygens (including phenoxy) is 1. The molecule has 0 fully saturated rings. The Morgan fingerprint density at radius 3 is 1.40 bits per heavy atom. The molecule has 2 aromatic heterocycles. The summed E-state index contributed by atoms with van der Waals surface area (Å²) in [6, 6.07) is 3.64. The number of allylic oxidation sites excluding steroid dienone is 3. The van der Waals surface area contributed by atoms with Crippen LogP contribution in [0.3, 0.4) is 0 Å². The van der Waals surface area contributed by atoms with Crippen LogP contribution in [0.2, 0.25) is 0 Å². The lowest BCUT2D eigenvalue weighted by molar-refractivity contribution is 0.134. The molecule has 5 heterocycles. The van der Waals surface area contributed by atoms with Gasteiger partial charge < -0.3 is 19.8 Å². The number of hydrogen-bond acceptors (Lipinski definition) is 4. The molecule has 0 saturated heterocycles. The lowest BCUT2D eigenvalue weighted by atomic mass is 9.94. The van der Waals surface area contributed by atoms with Gasteiger partial charge in [0, 0.05) is 33.1 Å². The van der Waals surface area contributed by atoms with Gasteiger partial charge in [0.05, 0.1) is 57.9 Å². The summed E-state index contributed by atoms with van der Waals surface area (Å²) in [7, 11) is 0.875. The summed E-state index contributed by atoms with van der Waals surface area (Å²) in [6.45, 7) is 0. The Morgan fingerprint density at radius 1 is 0.500 bits per heavy atom. The number of hydrogen-bond donors (Lipinski definition) is 3. The largest absolute Gasteiger partial charge is 0.481 e. The van der Waals surface area contributed by atoms with Crippen LogP contribution in [-0.4, -0.2) is 33.6 Å². The van der Waals surface area contributed by atoms with Crippen molar-refractivity contribution >= 4 is 33.8 Å². The van der Waals surface area contributed by atoms with Gasteiger partial charge in [0.2, 0.25) is 17.5 Å². The van der Waals surface area contributed by atoms with Crippen LogP contribution in [0, 0.1) is 87.3 Å². The molecule has 0 spiro atoms. The first-order chi connectivity index (χ1) is 28.4. The predicted octanol–water partition coefficient (Wildman–Crippen LogP) is 8.75. The smallest absolute Gasteiger partial charge is 0.286 e. The zero-order valence-corrected chi connectivity index (χ0v) is 29.2. The number of methoxy groups -OCH3 is 1. The predicted molar refractivity (Wildman–Crippen MR) is 179 cm³/mol. The number of aromatic nitrogens is 2. The van der Waals surface area contributed by atoms with Crippen molar-refractivity contribution in [3.63, 3.8) is 0 Å². The summed E-state index contributed by atoms with van der Waals surface area (Å²) in [5, 5.41) is 9.31. The van der Waals surface area contributed by atoms with E-state index >= 15 is 26.3 Å². The van der Waals surface area contributed by atoms with Crippen LogP contribution in [0.1, 0.15) is 40.9 Å². The number of nitrogens with one attached hydrogen (secondary N) is 2. The molecule has 21 heteroatoms. The normalized spacial score (nSPS) is 16.0. The van der Waals surface area contributed by atoms with Gasteiger partial charge in [-0.2, -0.15) is 0 Å². The van der Waals surface area contributed by atoms with Crippen molar-refractivity contribution in [2.24, 2.45) is 9.98 Å². The van der Waals surface area contributed by atoms with E-state index < -0.39 is 184 Å². The van der Waals surface area contributed by atoms with E-state index in [9.17, 15) is 44.6 Å². The molecule has 5 aromatic rings. The Kier molecular flexibility index (Phi) is 9.38. The topological polar surface area (TPSA) is 85.8 Å². The molecule has 3 aromatic carbocycles. The monoisotopic (exact) mass is 856 g/mol. The van der Waals surface area contributed by atoms with Gasteiger partial charge in [-0.05, 0) is 43.2 Å². The highest BCUT2D eigenvalue weighted by Crippen LogP contribution is 2.42. The van der Waals surface area contributed by atoms with E-state index in [-0.39, 0.29) is 5.69 Å². The maximum Gasteiger partial charge on any atom is 0.286 e. The van der Waals surface area contributed by atoms with Crippen LogP contribution in [-0.2, 0) is 4.74 Å². The van der Waals surface area contributed by atoms with Crippen molar-refractivity contribution in [3.8, 4) is 0 Å². The molecule has 0 aliphatic carbocycles. The molecule has 60 heavy (non-hydrogen) atoms. The molecule has 0 saturated carbocycles. The third-order valence-corrected chi connectivity index (χ3v) is 9.71. The first kappa shape index (κ1) is 39.9. The van der Waals surface area contributed by atoms with Crippen molar-refractivity contribution in [3.05, 3.63) is 174 Å². The van der Waals surface area contributed by atoms with Crippen molar-refractivity contribution < 1.29 is 75.7 Å². The Balaban J connectivity index is 1.62. The lowest BCUT2D eigenvalue weighted by Crippen LogP contribution is -2.25. The third-order valence-electron chi connectivity index (χ3n) is 9.71. The van der Waals surface area contributed by atoms with Crippen LogP contribution < -0.4 is 10.7 Å². The third kappa shape index (κ3) is 5.69. The number of aromatic amines is 2. The molecule has 6 nitrogen and oxygen atoms in total. The Bertz CT molecular complexity index is 3010. The molecular formula is C39H15F15N4O2. The summed E-state index contributed by atoms with van der Waals surface area (Å²) in [4.78, 5) is 13.3. The van der Waals surface area contributed by atoms with Gasteiger partial charge in [0.1, 0.15) is 0 Å². The first-order valence-corrected chi connectivity index (χ1v) is 16.7. The number of aliphatic hydroxyl groups is 1. The molecule has 3 aliphatic rings. The summed E-state index contributed by atoms with van der Waals surface area (Å²) in [5.41, 5.74) is -12.0.